The SMILES string of the molecule is Cc1ccc(OCC(=O)NN=Cc2cc(Br)ccc2OC(=O)C=Cc2ccco2)cc1C. The Morgan fingerprint density at radius 1 is 1.12 bits per heavy atom. The molecule has 1 N–H and O–H groups in total. The molecule has 8 heteroatoms. The fourth-order valence-corrected chi connectivity index (χ4v) is 2.93. The van der Waals surface area contributed by atoms with Crippen LogP contribution in [0.25, 0.3) is 6.08 Å². The Balaban J connectivity index is 1.57. The van der Waals surface area contributed by atoms with Crippen molar-refractivity contribution in [1.29, 1.82) is 0 Å². The van der Waals surface area contributed by atoms with Gasteiger partial charge in [0, 0.05) is 16.1 Å². The number of hydrazone groups is 1. The highest BCUT2D eigenvalue weighted by Gasteiger charge is 2.08. The summed E-state index contributed by atoms with van der Waals surface area (Å²) in [5.74, 6) is 0.423. The number of benzene rings is 2. The summed E-state index contributed by atoms with van der Waals surface area (Å²) >= 11 is 3.37. The third-order valence-electron chi connectivity index (χ3n) is 4.35. The average molecular weight is 497 g/mol. The third-order valence-corrected chi connectivity index (χ3v) is 4.84. The molecule has 32 heavy (non-hydrogen) atoms. The van der Waals surface area contributed by atoms with Crippen molar-refractivity contribution in [2.75, 3.05) is 6.61 Å². The number of halogens is 1. The summed E-state index contributed by atoms with van der Waals surface area (Å²) in [6.45, 7) is 3.79. The summed E-state index contributed by atoms with van der Waals surface area (Å²) in [4.78, 5) is 24.1. The maximum atomic E-state index is 12.1. The predicted molar refractivity (Wildman–Crippen MR) is 125 cm³/mol. The monoisotopic (exact) mass is 496 g/mol. The summed E-state index contributed by atoms with van der Waals surface area (Å²) < 4.78 is 16.7. The van der Waals surface area contributed by atoms with Gasteiger partial charge in [0.2, 0.25) is 0 Å². The molecule has 0 radical (unpaired) electrons. The third kappa shape index (κ3) is 6.95. The molecule has 7 nitrogen and oxygen atoms in total. The summed E-state index contributed by atoms with van der Waals surface area (Å²) in [7, 11) is 0. The molecule has 1 amide bonds. The smallest absolute Gasteiger partial charge is 0.336 e. The van der Waals surface area contributed by atoms with Gasteiger partial charge in [-0.05, 0) is 73.5 Å². The van der Waals surface area contributed by atoms with Crippen molar-refractivity contribution >= 4 is 40.1 Å². The molecule has 0 unspecified atom stereocenters. The van der Waals surface area contributed by atoms with Crippen molar-refractivity contribution in [3.63, 3.8) is 0 Å². The van der Waals surface area contributed by atoms with Crippen molar-refractivity contribution < 1.29 is 23.5 Å². The normalized spacial score (nSPS) is 11.1. The number of carbonyl (C=O) groups is 2. The van der Waals surface area contributed by atoms with Crippen LogP contribution >= 0.6 is 15.9 Å². The number of hydrogen-bond donors (Lipinski definition) is 1. The van der Waals surface area contributed by atoms with E-state index in [0.29, 0.717) is 17.1 Å². The Morgan fingerprint density at radius 2 is 1.97 bits per heavy atom. The molecule has 0 aliphatic carbocycles. The fraction of sp³-hybridized carbons (Fsp3) is 0.125. The number of nitrogens with zero attached hydrogens (tertiary/aromatic N) is 1. The zero-order valence-corrected chi connectivity index (χ0v) is 19.1. The van der Waals surface area contributed by atoms with Crippen LogP contribution in [-0.4, -0.2) is 24.7 Å². The van der Waals surface area contributed by atoms with Crippen LogP contribution < -0.4 is 14.9 Å². The molecule has 1 heterocycles. The molecule has 0 fully saturated rings. The van der Waals surface area contributed by atoms with Crippen LogP contribution in [0.3, 0.4) is 0 Å². The lowest BCUT2D eigenvalue weighted by Gasteiger charge is -2.08. The lowest BCUT2D eigenvalue weighted by molar-refractivity contribution is -0.129. The number of amides is 1. The number of ether oxygens (including phenoxy) is 2. The first-order chi connectivity index (χ1) is 15.4. The van der Waals surface area contributed by atoms with Crippen LogP contribution in [-0.2, 0) is 9.59 Å². The van der Waals surface area contributed by atoms with Gasteiger partial charge in [-0.15, -0.1) is 0 Å². The number of nitrogens with one attached hydrogen (secondary N) is 1. The highest BCUT2D eigenvalue weighted by atomic mass is 79.9. The van der Waals surface area contributed by atoms with Crippen LogP contribution in [0.15, 0.2) is 74.9 Å². The molecule has 0 atom stereocenters. The average Bonchev–Trinajstić information content (AvgIpc) is 3.29. The summed E-state index contributed by atoms with van der Waals surface area (Å²) in [6.07, 6.45) is 5.66. The van der Waals surface area contributed by atoms with Crippen molar-refractivity contribution in [1.82, 2.24) is 5.43 Å². The second kappa shape index (κ2) is 11.1. The molecule has 0 spiro atoms. The maximum Gasteiger partial charge on any atom is 0.336 e. The van der Waals surface area contributed by atoms with Crippen LogP contribution in [0.1, 0.15) is 22.5 Å². The van der Waals surface area contributed by atoms with E-state index in [0.717, 1.165) is 15.6 Å². The molecular weight excluding hydrogens is 476 g/mol. The first-order valence-corrected chi connectivity index (χ1v) is 10.4. The fourth-order valence-electron chi connectivity index (χ4n) is 2.55. The van der Waals surface area contributed by atoms with Gasteiger partial charge in [0.15, 0.2) is 6.61 Å². The van der Waals surface area contributed by atoms with Gasteiger partial charge in [-0.1, -0.05) is 22.0 Å². The van der Waals surface area contributed by atoms with Gasteiger partial charge in [-0.2, -0.15) is 5.10 Å². The van der Waals surface area contributed by atoms with Crippen LogP contribution in [0, 0.1) is 13.8 Å². The van der Waals surface area contributed by atoms with Gasteiger partial charge in [0.1, 0.15) is 17.3 Å². The minimum atomic E-state index is -0.579. The lowest BCUT2D eigenvalue weighted by atomic mass is 10.1. The molecule has 0 aliphatic heterocycles. The van der Waals surface area contributed by atoms with E-state index in [9.17, 15) is 9.59 Å². The second-order valence-electron chi connectivity index (χ2n) is 6.78. The van der Waals surface area contributed by atoms with E-state index in [1.807, 2.05) is 26.0 Å². The Morgan fingerprint density at radius 3 is 2.72 bits per heavy atom. The molecule has 164 valence electrons. The topological polar surface area (TPSA) is 90.1 Å². The standard InChI is InChI=1S/C24H21BrN2O5/c1-16-5-7-21(12-17(16)2)31-15-23(28)27-26-14-18-13-19(25)6-9-22(18)32-24(29)10-8-20-4-3-11-30-20/h3-14H,15H2,1-2H3,(H,27,28). The van der Waals surface area contributed by atoms with Crippen molar-refractivity contribution in [2.24, 2.45) is 5.10 Å². The molecule has 0 saturated heterocycles. The largest absolute Gasteiger partial charge is 0.484 e. The zero-order valence-electron chi connectivity index (χ0n) is 17.5. The highest BCUT2D eigenvalue weighted by Crippen LogP contribution is 2.22. The summed E-state index contributed by atoms with van der Waals surface area (Å²) in [5, 5.41) is 3.93. The molecule has 3 aromatic rings. The molecule has 2 aromatic carbocycles. The number of rotatable bonds is 8. The highest BCUT2D eigenvalue weighted by molar-refractivity contribution is 9.10. The van der Waals surface area contributed by atoms with Gasteiger partial charge in [0.25, 0.3) is 5.91 Å². The quantitative estimate of drug-likeness (QED) is 0.159. The number of carbonyl (C=O) groups excluding carboxylic acids is 2. The van der Waals surface area contributed by atoms with E-state index >= 15 is 0 Å². The van der Waals surface area contributed by atoms with Crippen LogP contribution in [0.5, 0.6) is 11.5 Å². The van der Waals surface area contributed by atoms with Gasteiger partial charge in [-0.25, -0.2) is 10.2 Å². The first kappa shape index (κ1) is 23.0. The minimum Gasteiger partial charge on any atom is -0.484 e. The van der Waals surface area contributed by atoms with Gasteiger partial charge < -0.3 is 13.9 Å². The Hall–Kier alpha value is -3.65. The Labute approximate surface area is 193 Å². The molecule has 0 aliphatic rings. The molecular formula is C24H21BrN2O5. The Kier molecular flexibility index (Phi) is 7.99. The number of furan rings is 1. The van der Waals surface area contributed by atoms with E-state index in [4.69, 9.17) is 13.9 Å². The van der Waals surface area contributed by atoms with Crippen LogP contribution in [0.4, 0.5) is 0 Å². The summed E-state index contributed by atoms with van der Waals surface area (Å²) in [6, 6.07) is 14.1. The van der Waals surface area contributed by atoms with E-state index in [1.54, 1.807) is 36.4 Å². The second-order valence-corrected chi connectivity index (χ2v) is 7.70. The minimum absolute atomic E-state index is 0.183. The molecule has 0 bridgehead atoms. The zero-order chi connectivity index (χ0) is 22.9. The first-order valence-electron chi connectivity index (χ1n) is 9.65. The number of aryl methyl sites for hydroxylation is 2. The molecule has 0 saturated carbocycles. The number of esters is 1. The van der Waals surface area contributed by atoms with Crippen molar-refractivity contribution in [3.05, 3.63) is 87.8 Å². The molecule has 1 aromatic heterocycles. The van der Waals surface area contributed by atoms with Crippen molar-refractivity contribution in [2.45, 2.75) is 13.8 Å². The van der Waals surface area contributed by atoms with E-state index in [1.165, 1.54) is 24.6 Å². The maximum absolute atomic E-state index is 12.1. The van der Waals surface area contributed by atoms with E-state index in [-0.39, 0.29) is 12.4 Å². The lowest BCUT2D eigenvalue weighted by Crippen LogP contribution is -2.24. The molecule has 3 rings (SSSR count). The van der Waals surface area contributed by atoms with E-state index < -0.39 is 11.9 Å². The summed E-state index contributed by atoms with van der Waals surface area (Å²) in [5.41, 5.74) is 5.12. The Bertz CT molecular complexity index is 1150. The van der Waals surface area contributed by atoms with Gasteiger partial charge in [-0.3, -0.25) is 4.79 Å². The van der Waals surface area contributed by atoms with Gasteiger partial charge in [0.05, 0.1) is 12.5 Å². The van der Waals surface area contributed by atoms with Gasteiger partial charge >= 0.3 is 5.97 Å². The van der Waals surface area contributed by atoms with Crippen LogP contribution in [0.2, 0.25) is 0 Å². The predicted octanol–water partition coefficient (Wildman–Crippen LogP) is 4.81. The van der Waals surface area contributed by atoms with E-state index in [2.05, 4.69) is 26.5 Å². The number of hydrogen-bond acceptors (Lipinski definition) is 6. The van der Waals surface area contributed by atoms with Crippen molar-refractivity contribution in [3.8, 4) is 11.5 Å².